The summed E-state index contributed by atoms with van der Waals surface area (Å²) in [6.45, 7) is 15.2. The van der Waals surface area contributed by atoms with Crippen molar-refractivity contribution < 1.29 is 4.74 Å². The zero-order valence-corrected chi connectivity index (χ0v) is 30.3. The van der Waals surface area contributed by atoms with Gasteiger partial charge in [0.25, 0.3) is 0 Å². The van der Waals surface area contributed by atoms with Gasteiger partial charge in [0.2, 0.25) is 0 Å². The highest BCUT2D eigenvalue weighted by atomic mass is 16.5. The van der Waals surface area contributed by atoms with Crippen molar-refractivity contribution >= 4 is 21.8 Å². The van der Waals surface area contributed by atoms with Crippen molar-refractivity contribution in [3.05, 3.63) is 155 Å². The number of benzene rings is 5. The molecule has 0 unspecified atom stereocenters. The maximum atomic E-state index is 6.73. The Bertz CT molecular complexity index is 2570. The summed E-state index contributed by atoms with van der Waals surface area (Å²) in [7, 11) is 0. The lowest BCUT2D eigenvalue weighted by molar-refractivity contribution is 0.481. The van der Waals surface area contributed by atoms with E-state index in [0.29, 0.717) is 5.92 Å². The van der Waals surface area contributed by atoms with Crippen molar-refractivity contribution in [2.45, 2.75) is 54.4 Å². The molecule has 5 nitrogen and oxygen atoms in total. The minimum absolute atomic E-state index is 0.302. The van der Waals surface area contributed by atoms with E-state index in [2.05, 4.69) is 167 Å². The van der Waals surface area contributed by atoms with Crippen LogP contribution in [-0.2, 0) is 0 Å². The summed E-state index contributed by atoms with van der Waals surface area (Å²) < 4.78 is 11.0. The standard InChI is InChI=1S/C46H42N4O/c1-28(2)35-24-37(50-33(7)46(32(6)48-50)45-30(4)22-36(23-31(45)5)34-13-9-8-10-14-34)26-39(25-35)51-38-17-18-41-40-15-11-12-16-42(40)49(43(41)27-38)44-21-29(3)19-20-47-44/h8-28H,1-7H3. The fraction of sp³-hybridized carbons (Fsp3) is 0.174. The summed E-state index contributed by atoms with van der Waals surface area (Å²) >= 11 is 0. The molecule has 0 saturated heterocycles. The first-order valence-electron chi connectivity index (χ1n) is 17.7. The molecule has 252 valence electrons. The van der Waals surface area contributed by atoms with E-state index in [0.717, 1.165) is 56.4 Å². The van der Waals surface area contributed by atoms with Gasteiger partial charge in [0, 0.05) is 40.4 Å². The van der Waals surface area contributed by atoms with E-state index in [9.17, 15) is 0 Å². The fourth-order valence-electron chi connectivity index (χ4n) is 7.57. The second kappa shape index (κ2) is 12.7. The van der Waals surface area contributed by atoms with E-state index < -0.39 is 0 Å². The minimum Gasteiger partial charge on any atom is -0.457 e. The van der Waals surface area contributed by atoms with Gasteiger partial charge in [-0.05, 0) is 122 Å². The number of aryl methyl sites for hydroxylation is 4. The van der Waals surface area contributed by atoms with Gasteiger partial charge in [0.1, 0.15) is 17.3 Å². The first-order valence-corrected chi connectivity index (χ1v) is 17.7. The maximum absolute atomic E-state index is 6.73. The molecule has 0 aliphatic carbocycles. The highest BCUT2D eigenvalue weighted by Gasteiger charge is 2.21. The maximum Gasteiger partial charge on any atom is 0.137 e. The monoisotopic (exact) mass is 666 g/mol. The van der Waals surface area contributed by atoms with Gasteiger partial charge in [-0.3, -0.25) is 4.57 Å². The number of nitrogens with zero attached hydrogens (tertiary/aromatic N) is 4. The summed E-state index contributed by atoms with van der Waals surface area (Å²) in [5.74, 6) is 2.74. The number of rotatable bonds is 7. The topological polar surface area (TPSA) is 44.9 Å². The van der Waals surface area contributed by atoms with Crippen LogP contribution in [0.3, 0.4) is 0 Å². The molecular weight excluding hydrogens is 625 g/mol. The Balaban J connectivity index is 1.21. The Labute approximate surface area is 299 Å². The van der Waals surface area contributed by atoms with Crippen molar-refractivity contribution in [1.82, 2.24) is 19.3 Å². The van der Waals surface area contributed by atoms with Crippen LogP contribution in [0.15, 0.2) is 121 Å². The Kier molecular flexibility index (Phi) is 8.07. The molecular formula is C46H42N4O. The minimum atomic E-state index is 0.302. The number of ether oxygens (including phenoxy) is 1. The molecule has 0 saturated carbocycles. The van der Waals surface area contributed by atoms with Crippen LogP contribution < -0.4 is 4.74 Å². The molecule has 3 heterocycles. The average Bonchev–Trinajstić information content (AvgIpc) is 3.61. The van der Waals surface area contributed by atoms with E-state index in [1.165, 1.54) is 44.3 Å². The Morgan fingerprint density at radius 3 is 2.08 bits per heavy atom. The lowest BCUT2D eigenvalue weighted by Crippen LogP contribution is -2.02. The quantitative estimate of drug-likeness (QED) is 0.170. The molecule has 0 aliphatic heterocycles. The van der Waals surface area contributed by atoms with E-state index >= 15 is 0 Å². The summed E-state index contributed by atoms with van der Waals surface area (Å²) in [6, 6.07) is 40.7. The molecule has 0 bridgehead atoms. The van der Waals surface area contributed by atoms with Crippen LogP contribution in [0.25, 0.3) is 55.6 Å². The second-order valence-corrected chi connectivity index (χ2v) is 14.0. The second-order valence-electron chi connectivity index (χ2n) is 14.0. The first-order chi connectivity index (χ1) is 24.7. The average molecular weight is 667 g/mol. The molecule has 0 radical (unpaired) electrons. The number of hydrogen-bond acceptors (Lipinski definition) is 3. The molecule has 0 aliphatic rings. The predicted molar refractivity (Wildman–Crippen MR) is 211 cm³/mol. The normalized spacial score (nSPS) is 11.6. The Morgan fingerprint density at radius 1 is 0.608 bits per heavy atom. The van der Waals surface area contributed by atoms with Gasteiger partial charge in [-0.2, -0.15) is 5.10 Å². The molecule has 5 aromatic carbocycles. The van der Waals surface area contributed by atoms with Crippen molar-refractivity contribution in [3.63, 3.8) is 0 Å². The van der Waals surface area contributed by atoms with Crippen molar-refractivity contribution in [2.75, 3.05) is 0 Å². The molecule has 0 N–H and O–H groups in total. The zero-order valence-electron chi connectivity index (χ0n) is 30.3. The molecule has 0 fully saturated rings. The number of aromatic nitrogens is 4. The Hall–Kier alpha value is -5.94. The van der Waals surface area contributed by atoms with Crippen LogP contribution in [0, 0.1) is 34.6 Å². The highest BCUT2D eigenvalue weighted by Crippen LogP contribution is 2.39. The van der Waals surface area contributed by atoms with Gasteiger partial charge in [0.05, 0.1) is 22.4 Å². The summed E-state index contributed by atoms with van der Waals surface area (Å²) in [4.78, 5) is 4.75. The van der Waals surface area contributed by atoms with Gasteiger partial charge in [0.15, 0.2) is 0 Å². The molecule has 5 heteroatoms. The number of fused-ring (bicyclic) bond motifs is 3. The van der Waals surface area contributed by atoms with E-state index in [1.807, 2.05) is 12.3 Å². The Morgan fingerprint density at radius 2 is 1.33 bits per heavy atom. The zero-order chi connectivity index (χ0) is 35.4. The lowest BCUT2D eigenvalue weighted by atomic mass is 9.90. The molecule has 8 rings (SSSR count). The summed E-state index contributed by atoms with van der Waals surface area (Å²) in [5.41, 5.74) is 15.0. The molecule has 3 aromatic heterocycles. The number of hydrogen-bond donors (Lipinski definition) is 0. The van der Waals surface area contributed by atoms with Crippen LogP contribution in [0.5, 0.6) is 11.5 Å². The highest BCUT2D eigenvalue weighted by molar-refractivity contribution is 6.09. The van der Waals surface area contributed by atoms with Crippen LogP contribution >= 0.6 is 0 Å². The fourth-order valence-corrected chi connectivity index (χ4v) is 7.57. The van der Waals surface area contributed by atoms with E-state index in [-0.39, 0.29) is 0 Å². The third-order valence-electron chi connectivity index (χ3n) is 10.0. The third kappa shape index (κ3) is 5.79. The SMILES string of the molecule is Cc1ccnc(-n2c3ccccc3c3ccc(Oc4cc(C(C)C)cc(-n5nc(C)c(-c6c(C)cc(-c7ccccc7)cc6C)c5C)c4)cc32)c1. The first kappa shape index (κ1) is 32.3. The smallest absolute Gasteiger partial charge is 0.137 e. The largest absolute Gasteiger partial charge is 0.457 e. The van der Waals surface area contributed by atoms with Crippen LogP contribution in [0.2, 0.25) is 0 Å². The molecule has 51 heavy (non-hydrogen) atoms. The van der Waals surface area contributed by atoms with Crippen LogP contribution in [-0.4, -0.2) is 19.3 Å². The lowest BCUT2D eigenvalue weighted by Gasteiger charge is -2.16. The molecule has 0 spiro atoms. The van der Waals surface area contributed by atoms with E-state index in [1.54, 1.807) is 0 Å². The van der Waals surface area contributed by atoms with Gasteiger partial charge in [-0.25, -0.2) is 9.67 Å². The van der Waals surface area contributed by atoms with Gasteiger partial charge < -0.3 is 4.74 Å². The van der Waals surface area contributed by atoms with Crippen molar-refractivity contribution in [3.8, 4) is 45.3 Å². The van der Waals surface area contributed by atoms with Gasteiger partial charge >= 0.3 is 0 Å². The summed E-state index contributed by atoms with van der Waals surface area (Å²) in [5, 5.41) is 7.49. The predicted octanol–water partition coefficient (Wildman–Crippen LogP) is 12.2. The van der Waals surface area contributed by atoms with Gasteiger partial charge in [-0.1, -0.05) is 74.5 Å². The number of para-hydroxylation sites is 1. The number of pyridine rings is 1. The molecule has 8 aromatic rings. The molecule has 0 amide bonds. The van der Waals surface area contributed by atoms with Crippen molar-refractivity contribution in [1.29, 1.82) is 0 Å². The van der Waals surface area contributed by atoms with Crippen LogP contribution in [0.4, 0.5) is 0 Å². The third-order valence-corrected chi connectivity index (χ3v) is 10.0. The summed E-state index contributed by atoms with van der Waals surface area (Å²) in [6.07, 6.45) is 1.87. The van der Waals surface area contributed by atoms with Crippen LogP contribution in [0.1, 0.15) is 53.4 Å². The molecule has 0 atom stereocenters. The van der Waals surface area contributed by atoms with Crippen molar-refractivity contribution in [2.24, 2.45) is 0 Å². The van der Waals surface area contributed by atoms with Gasteiger partial charge in [-0.15, -0.1) is 0 Å². The van der Waals surface area contributed by atoms with E-state index in [4.69, 9.17) is 14.8 Å².